The van der Waals surface area contributed by atoms with Crippen LogP contribution in [0.5, 0.6) is 0 Å². The second-order valence-corrected chi connectivity index (χ2v) is 4.06. The quantitative estimate of drug-likeness (QED) is 0.744. The Hall–Kier alpha value is -1.03. The molecule has 0 amide bonds. The second-order valence-electron chi connectivity index (χ2n) is 4.06. The predicted octanol–water partition coefficient (Wildman–Crippen LogP) is 0.631. The van der Waals surface area contributed by atoms with E-state index < -0.39 is 0 Å². The van der Waals surface area contributed by atoms with Crippen LogP contribution in [0.2, 0.25) is 0 Å². The highest BCUT2D eigenvalue weighted by Crippen LogP contribution is 2.07. The third-order valence-corrected chi connectivity index (χ3v) is 2.20. The van der Waals surface area contributed by atoms with Crippen LogP contribution in [0.4, 0.5) is 0 Å². The van der Waals surface area contributed by atoms with Crippen LogP contribution >= 0.6 is 0 Å². The lowest BCUT2D eigenvalue weighted by Crippen LogP contribution is -2.19. The molecule has 0 spiro atoms. The Morgan fingerprint density at radius 1 is 1.50 bits per heavy atom. The lowest BCUT2D eigenvalue weighted by molar-refractivity contribution is 0.615. The first-order valence-corrected chi connectivity index (χ1v) is 4.97. The third-order valence-electron chi connectivity index (χ3n) is 2.20. The number of H-pyrrole nitrogens is 1. The van der Waals surface area contributed by atoms with Gasteiger partial charge in [0.1, 0.15) is 0 Å². The molecule has 0 radical (unpaired) electrons. The van der Waals surface area contributed by atoms with E-state index in [1.54, 1.807) is 11.7 Å². The van der Waals surface area contributed by atoms with Crippen molar-refractivity contribution in [3.8, 4) is 0 Å². The first-order chi connectivity index (χ1) is 6.56. The van der Waals surface area contributed by atoms with Crippen molar-refractivity contribution in [3.63, 3.8) is 0 Å². The normalized spacial score (nSPS) is 11.2. The van der Waals surface area contributed by atoms with Gasteiger partial charge in [-0.25, -0.2) is 0 Å². The van der Waals surface area contributed by atoms with Gasteiger partial charge in [-0.05, 0) is 19.4 Å². The Kier molecular flexibility index (Phi) is 3.52. The maximum absolute atomic E-state index is 11.7. The molecule has 0 saturated heterocycles. The van der Waals surface area contributed by atoms with E-state index >= 15 is 0 Å². The molecular weight excluding hydrogens is 178 g/mol. The SMILES string of the molecule is CNCc1c(CC(C)C)[nH]n(C)c1=O. The van der Waals surface area contributed by atoms with Crippen molar-refractivity contribution in [2.75, 3.05) is 7.05 Å². The summed E-state index contributed by atoms with van der Waals surface area (Å²) < 4.78 is 1.55. The number of hydrogen-bond acceptors (Lipinski definition) is 2. The summed E-state index contributed by atoms with van der Waals surface area (Å²) in [5, 5.41) is 6.11. The Morgan fingerprint density at radius 2 is 2.14 bits per heavy atom. The maximum atomic E-state index is 11.7. The van der Waals surface area contributed by atoms with Crippen molar-refractivity contribution in [1.29, 1.82) is 0 Å². The summed E-state index contributed by atoms with van der Waals surface area (Å²) in [6.07, 6.45) is 0.924. The zero-order valence-electron chi connectivity index (χ0n) is 9.35. The molecule has 1 rings (SSSR count). The van der Waals surface area contributed by atoms with Gasteiger partial charge in [0.05, 0.1) is 5.56 Å². The van der Waals surface area contributed by atoms with Gasteiger partial charge in [0.2, 0.25) is 0 Å². The molecule has 1 aromatic heterocycles. The molecule has 0 unspecified atom stereocenters. The summed E-state index contributed by atoms with van der Waals surface area (Å²) in [4.78, 5) is 11.7. The van der Waals surface area contributed by atoms with Crippen LogP contribution in [0.3, 0.4) is 0 Å². The molecule has 0 fully saturated rings. The Bertz CT molecular complexity index is 349. The standard InChI is InChI=1S/C10H19N3O/c1-7(2)5-9-8(6-11-3)10(14)13(4)12-9/h7,11-12H,5-6H2,1-4H3. The topological polar surface area (TPSA) is 49.8 Å². The van der Waals surface area contributed by atoms with E-state index in [2.05, 4.69) is 24.3 Å². The second kappa shape index (κ2) is 4.46. The van der Waals surface area contributed by atoms with Crippen LogP contribution < -0.4 is 10.9 Å². The minimum atomic E-state index is 0.0787. The summed E-state index contributed by atoms with van der Waals surface area (Å²) >= 11 is 0. The van der Waals surface area contributed by atoms with Crippen molar-refractivity contribution >= 4 is 0 Å². The maximum Gasteiger partial charge on any atom is 0.270 e. The van der Waals surface area contributed by atoms with Crippen molar-refractivity contribution in [1.82, 2.24) is 15.1 Å². The van der Waals surface area contributed by atoms with Gasteiger partial charge in [0.25, 0.3) is 5.56 Å². The molecule has 80 valence electrons. The van der Waals surface area contributed by atoms with E-state index in [9.17, 15) is 4.79 Å². The molecular formula is C10H19N3O. The van der Waals surface area contributed by atoms with Crippen molar-refractivity contribution in [3.05, 3.63) is 21.6 Å². The van der Waals surface area contributed by atoms with Gasteiger partial charge in [-0.2, -0.15) is 0 Å². The highest BCUT2D eigenvalue weighted by molar-refractivity contribution is 5.17. The Labute approximate surface area is 84.3 Å². The smallest absolute Gasteiger partial charge is 0.270 e. The molecule has 0 aliphatic heterocycles. The predicted molar refractivity (Wildman–Crippen MR) is 57.3 cm³/mol. The number of aryl methyl sites for hydroxylation is 1. The zero-order valence-corrected chi connectivity index (χ0v) is 9.35. The van der Waals surface area contributed by atoms with E-state index in [1.165, 1.54) is 0 Å². The first kappa shape index (κ1) is 11.0. The Morgan fingerprint density at radius 3 is 2.64 bits per heavy atom. The number of nitrogens with one attached hydrogen (secondary N) is 2. The summed E-state index contributed by atoms with van der Waals surface area (Å²) in [7, 11) is 3.61. The van der Waals surface area contributed by atoms with Gasteiger partial charge in [-0.1, -0.05) is 13.8 Å². The largest absolute Gasteiger partial charge is 0.315 e. The lowest BCUT2D eigenvalue weighted by Gasteiger charge is -2.04. The average molecular weight is 197 g/mol. The molecule has 0 aromatic carbocycles. The molecule has 1 heterocycles. The van der Waals surface area contributed by atoms with Crippen molar-refractivity contribution in [2.24, 2.45) is 13.0 Å². The molecule has 4 heteroatoms. The lowest BCUT2D eigenvalue weighted by atomic mass is 10.1. The molecule has 0 bridgehead atoms. The van der Waals surface area contributed by atoms with Crippen molar-refractivity contribution < 1.29 is 0 Å². The molecule has 0 saturated carbocycles. The monoisotopic (exact) mass is 197 g/mol. The third kappa shape index (κ3) is 2.26. The van der Waals surface area contributed by atoms with Gasteiger partial charge in [-0.15, -0.1) is 0 Å². The molecule has 14 heavy (non-hydrogen) atoms. The fourth-order valence-electron chi connectivity index (χ4n) is 1.59. The summed E-state index contributed by atoms with van der Waals surface area (Å²) in [6, 6.07) is 0. The summed E-state index contributed by atoms with van der Waals surface area (Å²) in [5.41, 5.74) is 2.00. The summed E-state index contributed by atoms with van der Waals surface area (Å²) in [6.45, 7) is 4.93. The zero-order chi connectivity index (χ0) is 10.7. The molecule has 2 N–H and O–H groups in total. The number of aromatic amines is 1. The number of aromatic nitrogens is 2. The van der Waals surface area contributed by atoms with Gasteiger partial charge < -0.3 is 5.32 Å². The van der Waals surface area contributed by atoms with Gasteiger partial charge in [-0.3, -0.25) is 14.6 Å². The Balaban J connectivity index is 3.02. The average Bonchev–Trinajstić information content (AvgIpc) is 2.32. The van der Waals surface area contributed by atoms with Crippen LogP contribution in [0, 0.1) is 5.92 Å². The van der Waals surface area contributed by atoms with Gasteiger partial charge in [0, 0.05) is 19.3 Å². The van der Waals surface area contributed by atoms with E-state index in [4.69, 9.17) is 0 Å². The molecule has 0 atom stereocenters. The van der Waals surface area contributed by atoms with E-state index in [-0.39, 0.29) is 5.56 Å². The van der Waals surface area contributed by atoms with Gasteiger partial charge >= 0.3 is 0 Å². The van der Waals surface area contributed by atoms with E-state index in [0.717, 1.165) is 17.7 Å². The highest BCUT2D eigenvalue weighted by atomic mass is 16.1. The highest BCUT2D eigenvalue weighted by Gasteiger charge is 2.12. The number of rotatable bonds is 4. The number of hydrogen-bond donors (Lipinski definition) is 2. The minimum absolute atomic E-state index is 0.0787. The molecule has 4 nitrogen and oxygen atoms in total. The molecule has 0 aliphatic carbocycles. The minimum Gasteiger partial charge on any atom is -0.315 e. The fraction of sp³-hybridized carbons (Fsp3) is 0.700. The van der Waals surface area contributed by atoms with Crippen LogP contribution in [-0.2, 0) is 20.0 Å². The van der Waals surface area contributed by atoms with Crippen LogP contribution in [-0.4, -0.2) is 16.8 Å². The first-order valence-electron chi connectivity index (χ1n) is 4.97. The van der Waals surface area contributed by atoms with Gasteiger partial charge in [0.15, 0.2) is 0 Å². The van der Waals surface area contributed by atoms with E-state index in [0.29, 0.717) is 12.5 Å². The van der Waals surface area contributed by atoms with E-state index in [1.807, 2.05) is 7.05 Å². The summed E-state index contributed by atoms with van der Waals surface area (Å²) in [5.74, 6) is 0.559. The van der Waals surface area contributed by atoms with Crippen LogP contribution in [0.25, 0.3) is 0 Å². The number of nitrogens with zero attached hydrogens (tertiary/aromatic N) is 1. The van der Waals surface area contributed by atoms with Crippen molar-refractivity contribution in [2.45, 2.75) is 26.8 Å². The fourth-order valence-corrected chi connectivity index (χ4v) is 1.59. The van der Waals surface area contributed by atoms with Crippen LogP contribution in [0.15, 0.2) is 4.79 Å². The van der Waals surface area contributed by atoms with Crippen LogP contribution in [0.1, 0.15) is 25.1 Å². The molecule has 1 aromatic rings. The molecule has 0 aliphatic rings.